The van der Waals surface area contributed by atoms with Crippen LogP contribution in [0.1, 0.15) is 18.4 Å². The molecule has 3 rings (SSSR count). The molecule has 1 aromatic carbocycles. The van der Waals surface area contributed by atoms with Crippen molar-refractivity contribution in [2.24, 2.45) is 11.8 Å². The van der Waals surface area contributed by atoms with Gasteiger partial charge in [-0.3, -0.25) is 0 Å². The number of hydrogen-bond acceptors (Lipinski definition) is 4. The minimum absolute atomic E-state index is 0.0724. The van der Waals surface area contributed by atoms with Gasteiger partial charge in [-0.1, -0.05) is 0 Å². The highest BCUT2D eigenvalue weighted by molar-refractivity contribution is 7.89. The van der Waals surface area contributed by atoms with Gasteiger partial charge < -0.3 is 5.11 Å². The fourth-order valence-electron chi connectivity index (χ4n) is 3.24. The van der Waals surface area contributed by atoms with Gasteiger partial charge in [0.05, 0.1) is 22.6 Å². The number of rotatable bonds is 2. The van der Waals surface area contributed by atoms with E-state index in [1.54, 1.807) is 0 Å². The monoisotopic (exact) mass is 292 g/mol. The quantitative estimate of drug-likeness (QED) is 0.880. The third kappa shape index (κ3) is 2.12. The molecule has 106 valence electrons. The molecule has 2 aliphatic rings. The molecule has 3 atom stereocenters. The smallest absolute Gasteiger partial charge is 0.243 e. The number of hydrogen-bond donors (Lipinski definition) is 1. The van der Waals surface area contributed by atoms with E-state index in [1.807, 2.05) is 6.07 Å². The van der Waals surface area contributed by atoms with Gasteiger partial charge in [-0.25, -0.2) is 8.42 Å². The molecule has 0 spiro atoms. The van der Waals surface area contributed by atoms with Gasteiger partial charge in [0.25, 0.3) is 0 Å². The highest BCUT2D eigenvalue weighted by atomic mass is 32.2. The maximum Gasteiger partial charge on any atom is 0.243 e. The Morgan fingerprint density at radius 2 is 1.90 bits per heavy atom. The highest BCUT2D eigenvalue weighted by Gasteiger charge is 2.45. The number of nitriles is 1. The van der Waals surface area contributed by atoms with Crippen LogP contribution in [0.4, 0.5) is 0 Å². The van der Waals surface area contributed by atoms with Crippen molar-refractivity contribution >= 4 is 10.0 Å². The van der Waals surface area contributed by atoms with E-state index in [9.17, 15) is 13.5 Å². The molecular formula is C14H16N2O3S. The van der Waals surface area contributed by atoms with Crippen molar-refractivity contribution in [2.45, 2.75) is 23.8 Å². The SMILES string of the molecule is N#Cc1ccc(S(=O)(=O)N2CC3CCC(O)C3C2)cc1. The molecule has 1 aliphatic carbocycles. The van der Waals surface area contributed by atoms with Crippen LogP contribution >= 0.6 is 0 Å². The lowest BCUT2D eigenvalue weighted by atomic mass is 10.00. The molecule has 1 N–H and O–H groups in total. The average Bonchev–Trinajstić information content (AvgIpc) is 3.02. The summed E-state index contributed by atoms with van der Waals surface area (Å²) in [6, 6.07) is 7.94. The fourth-order valence-corrected chi connectivity index (χ4v) is 4.78. The molecule has 0 radical (unpaired) electrons. The summed E-state index contributed by atoms with van der Waals surface area (Å²) in [6.07, 6.45) is 1.30. The predicted molar refractivity (Wildman–Crippen MR) is 72.1 cm³/mol. The first-order chi connectivity index (χ1) is 9.52. The lowest BCUT2D eigenvalue weighted by molar-refractivity contribution is 0.129. The van der Waals surface area contributed by atoms with E-state index in [4.69, 9.17) is 5.26 Å². The van der Waals surface area contributed by atoms with Crippen LogP contribution in [0.3, 0.4) is 0 Å². The van der Waals surface area contributed by atoms with Gasteiger partial charge in [0, 0.05) is 19.0 Å². The van der Waals surface area contributed by atoms with E-state index in [1.165, 1.54) is 28.6 Å². The summed E-state index contributed by atoms with van der Waals surface area (Å²) in [5.41, 5.74) is 0.442. The van der Waals surface area contributed by atoms with Crippen LogP contribution in [0.15, 0.2) is 29.2 Å². The topological polar surface area (TPSA) is 81.4 Å². The van der Waals surface area contributed by atoms with E-state index in [0.29, 0.717) is 18.7 Å². The summed E-state index contributed by atoms with van der Waals surface area (Å²) in [5, 5.41) is 18.6. The molecule has 1 saturated heterocycles. The van der Waals surface area contributed by atoms with E-state index in [0.717, 1.165) is 12.8 Å². The maximum absolute atomic E-state index is 12.5. The Kier molecular flexibility index (Phi) is 3.28. The number of fused-ring (bicyclic) bond motifs is 1. The Labute approximate surface area is 118 Å². The molecule has 20 heavy (non-hydrogen) atoms. The summed E-state index contributed by atoms with van der Waals surface area (Å²) in [7, 11) is -3.52. The molecule has 0 aromatic heterocycles. The molecule has 6 heteroatoms. The average molecular weight is 292 g/mol. The zero-order valence-corrected chi connectivity index (χ0v) is 11.8. The summed E-state index contributed by atoms with van der Waals surface area (Å²) >= 11 is 0. The van der Waals surface area contributed by atoms with Gasteiger partial charge >= 0.3 is 0 Å². The Balaban J connectivity index is 1.84. The van der Waals surface area contributed by atoms with Crippen molar-refractivity contribution in [2.75, 3.05) is 13.1 Å². The minimum Gasteiger partial charge on any atom is -0.393 e. The highest BCUT2D eigenvalue weighted by Crippen LogP contribution is 2.40. The Morgan fingerprint density at radius 1 is 1.20 bits per heavy atom. The van der Waals surface area contributed by atoms with Crippen LogP contribution in [0.25, 0.3) is 0 Å². The third-order valence-electron chi connectivity index (χ3n) is 4.41. The molecule has 1 heterocycles. The van der Waals surface area contributed by atoms with E-state index in [-0.39, 0.29) is 22.8 Å². The number of sulfonamides is 1. The van der Waals surface area contributed by atoms with E-state index in [2.05, 4.69) is 0 Å². The van der Waals surface area contributed by atoms with Gasteiger partial charge in [0.15, 0.2) is 0 Å². The molecule has 2 fully saturated rings. The largest absolute Gasteiger partial charge is 0.393 e. The third-order valence-corrected chi connectivity index (χ3v) is 6.25. The Morgan fingerprint density at radius 3 is 2.50 bits per heavy atom. The maximum atomic E-state index is 12.5. The van der Waals surface area contributed by atoms with Gasteiger partial charge in [-0.2, -0.15) is 9.57 Å². The van der Waals surface area contributed by atoms with Crippen LogP contribution in [0, 0.1) is 23.2 Å². The van der Waals surface area contributed by atoms with Crippen LogP contribution in [-0.2, 0) is 10.0 Å². The van der Waals surface area contributed by atoms with Crippen molar-refractivity contribution in [1.29, 1.82) is 5.26 Å². The normalized spacial score (nSPS) is 30.1. The zero-order chi connectivity index (χ0) is 14.3. The van der Waals surface area contributed by atoms with E-state index < -0.39 is 10.0 Å². The van der Waals surface area contributed by atoms with Gasteiger partial charge in [0.1, 0.15) is 0 Å². The molecule has 0 amide bonds. The predicted octanol–water partition coefficient (Wildman–Crippen LogP) is 0.950. The Hall–Kier alpha value is -1.42. The fraction of sp³-hybridized carbons (Fsp3) is 0.500. The summed E-state index contributed by atoms with van der Waals surface area (Å²) in [5.74, 6) is 0.348. The second-order valence-corrected chi connectivity index (χ2v) is 7.46. The first-order valence-electron chi connectivity index (χ1n) is 6.71. The minimum atomic E-state index is -3.52. The molecule has 1 aromatic rings. The standard InChI is InChI=1S/C14H16N2O3S/c15-7-10-1-4-12(5-2-10)20(18,19)16-8-11-3-6-14(17)13(11)9-16/h1-2,4-5,11,13-14,17H,3,6,8-9H2. The van der Waals surface area contributed by atoms with Gasteiger partial charge in [-0.05, 0) is 43.0 Å². The van der Waals surface area contributed by atoms with Crippen molar-refractivity contribution < 1.29 is 13.5 Å². The van der Waals surface area contributed by atoms with Crippen molar-refractivity contribution in [3.05, 3.63) is 29.8 Å². The molecule has 5 nitrogen and oxygen atoms in total. The second kappa shape index (κ2) is 4.85. The number of aliphatic hydroxyl groups excluding tert-OH is 1. The molecule has 0 bridgehead atoms. The van der Waals surface area contributed by atoms with E-state index >= 15 is 0 Å². The zero-order valence-electron chi connectivity index (χ0n) is 10.9. The number of aliphatic hydroxyl groups is 1. The summed E-state index contributed by atoms with van der Waals surface area (Å²) < 4.78 is 26.5. The van der Waals surface area contributed by atoms with Crippen LogP contribution < -0.4 is 0 Å². The second-order valence-electron chi connectivity index (χ2n) is 5.53. The van der Waals surface area contributed by atoms with Crippen molar-refractivity contribution in [3.63, 3.8) is 0 Å². The molecule has 3 unspecified atom stereocenters. The van der Waals surface area contributed by atoms with Crippen molar-refractivity contribution in [1.82, 2.24) is 4.31 Å². The lowest BCUT2D eigenvalue weighted by Gasteiger charge is -2.18. The van der Waals surface area contributed by atoms with Gasteiger partial charge in [-0.15, -0.1) is 0 Å². The molecule has 1 aliphatic heterocycles. The van der Waals surface area contributed by atoms with Gasteiger partial charge in [0.2, 0.25) is 10.0 Å². The van der Waals surface area contributed by atoms with Crippen molar-refractivity contribution in [3.8, 4) is 6.07 Å². The summed E-state index contributed by atoms with van der Waals surface area (Å²) in [4.78, 5) is 0.214. The van der Waals surface area contributed by atoms with Crippen LogP contribution in [-0.4, -0.2) is 37.0 Å². The molecular weight excluding hydrogens is 276 g/mol. The summed E-state index contributed by atoms with van der Waals surface area (Å²) in [6.45, 7) is 0.887. The lowest BCUT2D eigenvalue weighted by Crippen LogP contribution is -2.31. The van der Waals surface area contributed by atoms with Crippen LogP contribution in [0.5, 0.6) is 0 Å². The number of benzene rings is 1. The molecule has 1 saturated carbocycles. The first kappa shape index (κ1) is 13.6. The Bertz CT molecular complexity index is 648. The first-order valence-corrected chi connectivity index (χ1v) is 8.15. The van der Waals surface area contributed by atoms with Crippen LogP contribution in [0.2, 0.25) is 0 Å². The number of nitrogens with zero attached hydrogens (tertiary/aromatic N) is 2.